The first-order chi connectivity index (χ1) is 13.6. The second kappa shape index (κ2) is 12.9. The molecule has 0 aliphatic heterocycles. The van der Waals surface area contributed by atoms with Gasteiger partial charge in [-0.1, -0.05) is 47.3 Å². The van der Waals surface area contributed by atoms with Gasteiger partial charge >= 0.3 is 12.1 Å². The molecule has 0 aromatic heterocycles. The number of nitrogens with one attached hydrogen (secondary N) is 4. The molecule has 2 rings (SSSR count). The zero-order chi connectivity index (χ0) is 20.2. The van der Waals surface area contributed by atoms with E-state index in [0.717, 1.165) is 51.4 Å². The summed E-state index contributed by atoms with van der Waals surface area (Å²) in [6.45, 7) is 0.927. The number of rotatable bonds is 9. The van der Waals surface area contributed by atoms with Gasteiger partial charge in [0, 0.05) is 36.4 Å². The fourth-order valence-corrected chi connectivity index (χ4v) is 5.24. The van der Waals surface area contributed by atoms with Crippen LogP contribution in [-0.4, -0.2) is 48.5 Å². The van der Waals surface area contributed by atoms with Gasteiger partial charge in [-0.2, -0.15) is 0 Å². The summed E-state index contributed by atoms with van der Waals surface area (Å²) in [4.78, 5) is 47.0. The highest BCUT2D eigenvalue weighted by Gasteiger charge is 2.24. The highest BCUT2D eigenvalue weighted by molar-refractivity contribution is 8.76. The largest absolute Gasteiger partial charge is 0.337 e. The van der Waals surface area contributed by atoms with Gasteiger partial charge in [-0.15, -0.1) is 0 Å². The van der Waals surface area contributed by atoms with Crippen molar-refractivity contribution in [3.8, 4) is 0 Å². The molecule has 8 nitrogen and oxygen atoms in total. The Morgan fingerprint density at radius 2 is 1.00 bits per heavy atom. The Balaban J connectivity index is 1.39. The van der Waals surface area contributed by atoms with Gasteiger partial charge in [-0.25, -0.2) is 9.59 Å². The Morgan fingerprint density at radius 3 is 1.36 bits per heavy atom. The highest BCUT2D eigenvalue weighted by Crippen LogP contribution is 2.25. The maximum atomic E-state index is 11.8. The summed E-state index contributed by atoms with van der Waals surface area (Å²) >= 11 is 0. The lowest BCUT2D eigenvalue weighted by molar-refractivity contribution is -0.124. The second-order valence-electron chi connectivity index (χ2n) is 7.10. The van der Waals surface area contributed by atoms with Crippen molar-refractivity contribution in [2.45, 2.75) is 51.4 Å². The van der Waals surface area contributed by atoms with Crippen LogP contribution in [0.4, 0.5) is 9.59 Å². The van der Waals surface area contributed by atoms with E-state index in [2.05, 4.69) is 21.3 Å². The molecular formula is C18H30N4O4S2. The van der Waals surface area contributed by atoms with E-state index >= 15 is 0 Å². The minimum atomic E-state index is -0.437. The van der Waals surface area contributed by atoms with E-state index in [0.29, 0.717) is 24.6 Å². The van der Waals surface area contributed by atoms with Crippen LogP contribution in [0.5, 0.6) is 0 Å². The first-order valence-corrected chi connectivity index (χ1v) is 12.5. The Hall–Kier alpha value is -1.42. The minimum absolute atomic E-state index is 0.0196. The highest BCUT2D eigenvalue weighted by atomic mass is 33.1. The molecule has 0 bridgehead atoms. The lowest BCUT2D eigenvalue weighted by Crippen LogP contribution is -2.42. The lowest BCUT2D eigenvalue weighted by Gasteiger charge is -2.11. The van der Waals surface area contributed by atoms with Crippen LogP contribution >= 0.6 is 21.6 Å². The van der Waals surface area contributed by atoms with Crippen molar-refractivity contribution in [1.29, 1.82) is 0 Å². The Morgan fingerprint density at radius 1 is 0.643 bits per heavy atom. The van der Waals surface area contributed by atoms with Crippen LogP contribution in [0.1, 0.15) is 51.4 Å². The molecule has 0 aromatic carbocycles. The van der Waals surface area contributed by atoms with Gasteiger partial charge in [-0.05, 0) is 25.7 Å². The summed E-state index contributed by atoms with van der Waals surface area (Å²) in [5, 5.41) is 10.1. The van der Waals surface area contributed by atoms with Crippen molar-refractivity contribution in [3.63, 3.8) is 0 Å². The van der Waals surface area contributed by atoms with Gasteiger partial charge in [0.15, 0.2) is 0 Å². The molecule has 0 heterocycles. The average molecular weight is 431 g/mol. The maximum Gasteiger partial charge on any atom is 0.321 e. The van der Waals surface area contributed by atoms with Crippen LogP contribution in [0.3, 0.4) is 0 Å². The third-order valence-electron chi connectivity index (χ3n) is 4.95. The molecule has 0 radical (unpaired) electrons. The van der Waals surface area contributed by atoms with Crippen molar-refractivity contribution in [2.75, 3.05) is 24.6 Å². The van der Waals surface area contributed by atoms with Crippen molar-refractivity contribution in [3.05, 3.63) is 0 Å². The Labute approximate surface area is 173 Å². The van der Waals surface area contributed by atoms with Gasteiger partial charge in [0.1, 0.15) is 0 Å². The molecule has 0 spiro atoms. The molecule has 4 N–H and O–H groups in total. The van der Waals surface area contributed by atoms with E-state index in [9.17, 15) is 19.2 Å². The van der Waals surface area contributed by atoms with E-state index in [1.54, 1.807) is 21.6 Å². The quantitative estimate of drug-likeness (QED) is 0.330. The molecule has 0 atom stereocenters. The Bertz CT molecular complexity index is 502. The number of carbonyl (C=O) groups excluding carboxylic acids is 4. The molecule has 0 aromatic rings. The van der Waals surface area contributed by atoms with Crippen LogP contribution in [0.15, 0.2) is 0 Å². The first-order valence-electron chi connectivity index (χ1n) is 9.98. The van der Waals surface area contributed by atoms with Crippen LogP contribution in [-0.2, 0) is 9.59 Å². The number of hydrogen-bond donors (Lipinski definition) is 4. The molecule has 6 amide bonds. The van der Waals surface area contributed by atoms with Gasteiger partial charge in [0.25, 0.3) is 0 Å². The summed E-state index contributed by atoms with van der Waals surface area (Å²) in [5.41, 5.74) is 0. The number of hydrogen-bond acceptors (Lipinski definition) is 6. The molecule has 28 heavy (non-hydrogen) atoms. The minimum Gasteiger partial charge on any atom is -0.337 e. The second-order valence-corrected chi connectivity index (χ2v) is 9.80. The molecule has 0 saturated heterocycles. The van der Waals surface area contributed by atoms with Crippen molar-refractivity contribution in [2.24, 2.45) is 11.8 Å². The molecule has 0 unspecified atom stereocenters. The summed E-state index contributed by atoms with van der Waals surface area (Å²) in [5.74, 6) is 1.01. The van der Waals surface area contributed by atoms with Crippen LogP contribution in [0.25, 0.3) is 0 Å². The van der Waals surface area contributed by atoms with Crippen LogP contribution < -0.4 is 21.3 Å². The van der Waals surface area contributed by atoms with Gasteiger partial charge in [0.2, 0.25) is 11.8 Å². The van der Waals surface area contributed by atoms with Gasteiger partial charge in [0.05, 0.1) is 0 Å². The summed E-state index contributed by atoms with van der Waals surface area (Å²) < 4.78 is 0. The number of carbonyl (C=O) groups is 4. The summed E-state index contributed by atoms with van der Waals surface area (Å²) in [6, 6.07) is -0.875. The topological polar surface area (TPSA) is 116 Å². The normalized spacial score (nSPS) is 17.3. The van der Waals surface area contributed by atoms with Gasteiger partial charge < -0.3 is 10.6 Å². The fourth-order valence-electron chi connectivity index (χ4n) is 3.42. The molecule has 10 heteroatoms. The average Bonchev–Trinajstić information content (AvgIpc) is 3.37. The lowest BCUT2D eigenvalue weighted by atomic mass is 10.1. The van der Waals surface area contributed by atoms with Crippen molar-refractivity contribution >= 4 is 45.5 Å². The maximum absolute atomic E-state index is 11.8. The van der Waals surface area contributed by atoms with E-state index in [4.69, 9.17) is 0 Å². The fraction of sp³-hybridized carbons (Fsp3) is 0.778. The predicted molar refractivity (Wildman–Crippen MR) is 112 cm³/mol. The van der Waals surface area contributed by atoms with Crippen LogP contribution in [0.2, 0.25) is 0 Å². The standard InChI is InChI=1S/C18H30N4O4S2/c23-15(13-5-1-2-6-13)21-17(25)19-9-11-27-28-12-10-20-18(26)22-16(24)14-7-3-4-8-14/h13-14H,1-12H2,(H2,19,21,23,25)(H2,20,22,24,26). The van der Waals surface area contributed by atoms with Crippen molar-refractivity contribution < 1.29 is 19.2 Å². The molecule has 2 saturated carbocycles. The third kappa shape index (κ3) is 8.72. The van der Waals surface area contributed by atoms with E-state index in [1.807, 2.05) is 0 Å². The SMILES string of the molecule is O=C(NCCSSCCNC(=O)NC(=O)C1CCCC1)NC(=O)C1CCCC1. The Kier molecular flexibility index (Phi) is 10.6. The molecular weight excluding hydrogens is 400 g/mol. The number of imide groups is 2. The van der Waals surface area contributed by atoms with Crippen LogP contribution in [0, 0.1) is 11.8 Å². The third-order valence-corrected chi connectivity index (χ3v) is 7.36. The van der Waals surface area contributed by atoms with E-state index < -0.39 is 12.1 Å². The number of amides is 6. The molecule has 2 aliphatic carbocycles. The van der Waals surface area contributed by atoms with E-state index in [-0.39, 0.29) is 23.7 Å². The molecule has 2 fully saturated rings. The zero-order valence-corrected chi connectivity index (χ0v) is 17.7. The number of urea groups is 2. The van der Waals surface area contributed by atoms with Gasteiger partial charge in [-0.3, -0.25) is 20.2 Å². The summed E-state index contributed by atoms with van der Waals surface area (Å²) in [6.07, 6.45) is 7.70. The first kappa shape index (κ1) is 22.9. The monoisotopic (exact) mass is 430 g/mol. The predicted octanol–water partition coefficient (Wildman–Crippen LogP) is 2.40. The molecule has 158 valence electrons. The van der Waals surface area contributed by atoms with E-state index in [1.165, 1.54) is 0 Å². The zero-order valence-electron chi connectivity index (χ0n) is 16.1. The smallest absolute Gasteiger partial charge is 0.321 e. The summed E-state index contributed by atoms with van der Waals surface area (Å²) in [7, 11) is 3.15. The molecule has 2 aliphatic rings. The van der Waals surface area contributed by atoms with Crippen molar-refractivity contribution in [1.82, 2.24) is 21.3 Å².